The average Bonchev–Trinajstić information content (AvgIpc) is 3.31. The zero-order valence-corrected chi connectivity index (χ0v) is 40.7. The van der Waals surface area contributed by atoms with Gasteiger partial charge in [-0.25, -0.2) is 0 Å². The van der Waals surface area contributed by atoms with Gasteiger partial charge in [-0.2, -0.15) is 0 Å². The Balaban J connectivity index is 1.84. The van der Waals surface area contributed by atoms with E-state index in [2.05, 4.69) is 67.8 Å². The van der Waals surface area contributed by atoms with Crippen LogP contribution in [0.3, 0.4) is 0 Å². The molecule has 0 aromatic heterocycles. The molecule has 9 N–H and O–H groups in total. The highest BCUT2D eigenvalue weighted by molar-refractivity contribution is 5.76. The molecule has 2 aliphatic rings. The van der Waals surface area contributed by atoms with Gasteiger partial charge in [0.15, 0.2) is 12.6 Å². The summed E-state index contributed by atoms with van der Waals surface area (Å²) in [6.07, 6.45) is 28.2. The molecule has 2 aliphatic heterocycles. The number of carbonyl (C=O) groups excluding carboxylic acids is 1. The third kappa shape index (κ3) is 25.5. The Morgan fingerprint density at radius 3 is 1.61 bits per heavy atom. The molecule has 0 aliphatic carbocycles. The number of ether oxygens (including phenoxy) is 4. The smallest absolute Gasteiger partial charge is 0.220 e. The van der Waals surface area contributed by atoms with Crippen molar-refractivity contribution in [2.75, 3.05) is 19.8 Å². The highest BCUT2D eigenvalue weighted by Gasteiger charge is 2.51. The summed E-state index contributed by atoms with van der Waals surface area (Å²) in [5.74, 6) is -0.232. The van der Waals surface area contributed by atoms with Crippen molar-refractivity contribution in [1.82, 2.24) is 5.32 Å². The van der Waals surface area contributed by atoms with Gasteiger partial charge < -0.3 is 65.1 Å². The molecule has 14 heteroatoms. The summed E-state index contributed by atoms with van der Waals surface area (Å²) in [5.41, 5.74) is 0. The first-order valence-electron chi connectivity index (χ1n) is 25.9. The minimum absolute atomic E-state index is 0.232. The molecule has 2 heterocycles. The molecule has 0 radical (unpaired) electrons. The Morgan fingerprint density at radius 2 is 1.05 bits per heavy atom. The van der Waals surface area contributed by atoms with E-state index in [0.717, 1.165) is 77.0 Å². The van der Waals surface area contributed by atoms with Crippen LogP contribution in [-0.4, -0.2) is 140 Å². The summed E-state index contributed by atoms with van der Waals surface area (Å²) in [6, 6.07) is -0.842. The Morgan fingerprint density at radius 1 is 0.561 bits per heavy atom. The van der Waals surface area contributed by atoms with E-state index >= 15 is 0 Å². The van der Waals surface area contributed by atoms with Crippen molar-refractivity contribution in [1.29, 1.82) is 0 Å². The first kappa shape index (κ1) is 60.1. The fourth-order valence-corrected chi connectivity index (χ4v) is 8.34. The highest BCUT2D eigenvalue weighted by atomic mass is 16.7. The number of rotatable bonds is 39. The molecule has 14 nitrogen and oxygen atoms in total. The lowest BCUT2D eigenvalue weighted by molar-refractivity contribution is -0.359. The van der Waals surface area contributed by atoms with E-state index in [1.165, 1.54) is 70.6 Å². The molecule has 1 amide bonds. The quantitative estimate of drug-likeness (QED) is 0.0227. The van der Waals surface area contributed by atoms with Crippen molar-refractivity contribution in [2.45, 2.75) is 254 Å². The summed E-state index contributed by atoms with van der Waals surface area (Å²) in [6.45, 7) is 2.71. The number of hydrogen-bond donors (Lipinski definition) is 9. The van der Waals surface area contributed by atoms with Gasteiger partial charge >= 0.3 is 0 Å². The second kappa shape index (κ2) is 38.8. The summed E-state index contributed by atoms with van der Waals surface area (Å²) < 4.78 is 22.7. The van der Waals surface area contributed by atoms with E-state index in [-0.39, 0.29) is 18.9 Å². The Labute approximate surface area is 397 Å². The fraction of sp³-hybridized carbons (Fsp3) is 0.827. The maximum absolute atomic E-state index is 13.2. The highest BCUT2D eigenvalue weighted by Crippen LogP contribution is 2.30. The topological polar surface area (TPSA) is 228 Å². The van der Waals surface area contributed by atoms with Crippen LogP contribution in [0.15, 0.2) is 48.6 Å². The monoisotopic (exact) mass is 940 g/mol. The van der Waals surface area contributed by atoms with Crippen molar-refractivity contribution in [3.63, 3.8) is 0 Å². The third-order valence-electron chi connectivity index (χ3n) is 12.6. The van der Waals surface area contributed by atoms with Gasteiger partial charge in [0, 0.05) is 6.42 Å². The molecule has 0 saturated carbocycles. The number of hydrogen-bond acceptors (Lipinski definition) is 13. The summed E-state index contributed by atoms with van der Waals surface area (Å²) in [4.78, 5) is 13.2. The molecule has 12 atom stereocenters. The van der Waals surface area contributed by atoms with Crippen LogP contribution >= 0.6 is 0 Å². The number of nitrogens with one attached hydrogen (secondary N) is 1. The van der Waals surface area contributed by atoms with E-state index in [1.807, 2.05) is 0 Å². The van der Waals surface area contributed by atoms with Gasteiger partial charge in [-0.3, -0.25) is 4.79 Å². The van der Waals surface area contributed by atoms with Crippen molar-refractivity contribution < 1.29 is 64.6 Å². The van der Waals surface area contributed by atoms with Crippen LogP contribution in [0.4, 0.5) is 0 Å². The number of unbranched alkanes of at least 4 members (excludes halogenated alkanes) is 18. The Kier molecular flexibility index (Phi) is 35.3. The largest absolute Gasteiger partial charge is 0.394 e. The van der Waals surface area contributed by atoms with Crippen LogP contribution in [0.25, 0.3) is 0 Å². The predicted molar refractivity (Wildman–Crippen MR) is 258 cm³/mol. The van der Waals surface area contributed by atoms with Gasteiger partial charge in [0.25, 0.3) is 0 Å². The first-order chi connectivity index (χ1) is 32.1. The van der Waals surface area contributed by atoms with Crippen LogP contribution in [0.5, 0.6) is 0 Å². The normalized spacial score (nSPS) is 27.2. The second-order valence-electron chi connectivity index (χ2n) is 18.3. The van der Waals surface area contributed by atoms with Crippen LogP contribution < -0.4 is 5.32 Å². The van der Waals surface area contributed by atoms with Gasteiger partial charge in [0.1, 0.15) is 48.8 Å². The lowest BCUT2D eigenvalue weighted by atomic mass is 9.97. The van der Waals surface area contributed by atoms with E-state index in [1.54, 1.807) is 0 Å². The number of allylic oxidation sites excluding steroid dienone is 8. The molecule has 0 aromatic rings. The fourth-order valence-electron chi connectivity index (χ4n) is 8.34. The van der Waals surface area contributed by atoms with Crippen LogP contribution in [0.2, 0.25) is 0 Å². The number of carbonyl (C=O) groups is 1. The van der Waals surface area contributed by atoms with Crippen molar-refractivity contribution >= 4 is 5.91 Å². The van der Waals surface area contributed by atoms with Crippen molar-refractivity contribution in [3.05, 3.63) is 48.6 Å². The van der Waals surface area contributed by atoms with E-state index in [4.69, 9.17) is 18.9 Å². The molecule has 2 fully saturated rings. The molecule has 0 spiro atoms. The van der Waals surface area contributed by atoms with Crippen LogP contribution in [-0.2, 0) is 23.7 Å². The molecule has 0 aromatic carbocycles. The molecule has 66 heavy (non-hydrogen) atoms. The van der Waals surface area contributed by atoms with Crippen LogP contribution in [0.1, 0.15) is 181 Å². The predicted octanol–water partition coefficient (Wildman–Crippen LogP) is 6.88. The molecular formula is C52H93NO13. The molecule has 0 bridgehead atoms. The Hall–Kier alpha value is -2.05. The van der Waals surface area contributed by atoms with Gasteiger partial charge in [-0.1, -0.05) is 172 Å². The average molecular weight is 940 g/mol. The van der Waals surface area contributed by atoms with E-state index < -0.39 is 86.8 Å². The van der Waals surface area contributed by atoms with E-state index in [0.29, 0.717) is 12.8 Å². The lowest BCUT2D eigenvalue weighted by Gasteiger charge is -2.46. The lowest BCUT2D eigenvalue weighted by Crippen LogP contribution is -2.65. The summed E-state index contributed by atoms with van der Waals surface area (Å²) in [5, 5.41) is 86.9. The number of aliphatic hydroxyl groups is 8. The zero-order valence-electron chi connectivity index (χ0n) is 40.7. The number of amides is 1. The molecule has 2 rings (SSSR count). The van der Waals surface area contributed by atoms with Crippen molar-refractivity contribution in [2.24, 2.45) is 0 Å². The third-order valence-corrected chi connectivity index (χ3v) is 12.6. The van der Waals surface area contributed by atoms with Crippen LogP contribution in [0, 0.1) is 0 Å². The summed E-state index contributed by atoms with van der Waals surface area (Å²) in [7, 11) is 0. The first-order valence-corrected chi connectivity index (χ1v) is 25.9. The van der Waals surface area contributed by atoms with Gasteiger partial charge in [0.05, 0.1) is 32.0 Å². The minimum Gasteiger partial charge on any atom is -0.394 e. The van der Waals surface area contributed by atoms with E-state index in [9.17, 15) is 45.6 Å². The van der Waals surface area contributed by atoms with Gasteiger partial charge in [0.2, 0.25) is 5.91 Å². The zero-order chi connectivity index (χ0) is 48.2. The summed E-state index contributed by atoms with van der Waals surface area (Å²) >= 11 is 0. The molecule has 2 saturated heterocycles. The van der Waals surface area contributed by atoms with Crippen molar-refractivity contribution in [3.8, 4) is 0 Å². The Bertz CT molecular complexity index is 1290. The maximum atomic E-state index is 13.2. The standard InChI is InChI=1S/C52H93NO13/c1-3-5-7-9-11-13-15-17-19-20-22-24-26-28-30-32-34-36-44(57)53-40(41(56)35-33-31-29-27-25-23-21-18-16-14-12-10-8-6-4-2)39-63-51-49(62)47(60)50(43(38-55)65-51)66-52-48(61)46(59)45(58)42(37-54)64-52/h5,7,11,13,17,19,22,24,40-43,45-52,54-56,58-62H,3-4,6,8-10,12,14-16,18,20-21,23,25-39H2,1-2H3,(H,53,57)/b7-5-,13-11-,19-17-,24-22-. The molecular weight excluding hydrogens is 847 g/mol. The minimum atomic E-state index is -1.79. The van der Waals surface area contributed by atoms with Gasteiger partial charge in [-0.15, -0.1) is 0 Å². The molecule has 12 unspecified atom stereocenters. The number of aliphatic hydroxyl groups excluding tert-OH is 8. The second-order valence-corrected chi connectivity index (χ2v) is 18.3. The molecule has 384 valence electrons. The van der Waals surface area contributed by atoms with Gasteiger partial charge in [-0.05, 0) is 51.4 Å². The maximum Gasteiger partial charge on any atom is 0.220 e. The SMILES string of the molecule is CC/C=C\C/C=C\C/C=C\C/C=C\CCCCCCC(=O)NC(COC1OC(CO)C(OC2OC(CO)C(O)C(O)C2O)C(O)C1O)C(O)CCCCCCCCCCCCCCCCC.